The Morgan fingerprint density at radius 2 is 1.83 bits per heavy atom. The van der Waals surface area contributed by atoms with Crippen LogP contribution >= 0.6 is 0 Å². The summed E-state index contributed by atoms with van der Waals surface area (Å²) < 4.78 is 21.4. The van der Waals surface area contributed by atoms with Crippen LogP contribution in [0.2, 0.25) is 0 Å². The second kappa shape index (κ2) is 8.78. The van der Waals surface area contributed by atoms with Gasteiger partial charge in [0.1, 0.15) is 30.5 Å². The summed E-state index contributed by atoms with van der Waals surface area (Å²) in [5.74, 6) is 0.946. The predicted octanol–water partition coefficient (Wildman–Crippen LogP) is 4.38. The van der Waals surface area contributed by atoms with Crippen molar-refractivity contribution in [3.63, 3.8) is 0 Å². The third kappa shape index (κ3) is 4.49. The van der Waals surface area contributed by atoms with Gasteiger partial charge in [0.15, 0.2) is 0 Å². The zero-order chi connectivity index (χ0) is 20.9. The van der Waals surface area contributed by atoms with Gasteiger partial charge in [0.25, 0.3) is 0 Å². The zero-order valence-electron chi connectivity index (χ0n) is 16.6. The molecule has 30 heavy (non-hydrogen) atoms. The molecule has 6 heteroatoms. The van der Waals surface area contributed by atoms with E-state index in [-0.39, 0.29) is 31.4 Å². The van der Waals surface area contributed by atoms with Crippen LogP contribution in [0.5, 0.6) is 5.75 Å². The topological polar surface area (TPSA) is 56.2 Å². The molecule has 0 bridgehead atoms. The Kier molecular flexibility index (Phi) is 5.75. The number of benzene rings is 3. The lowest BCUT2D eigenvalue weighted by atomic mass is 10.1. The van der Waals surface area contributed by atoms with Gasteiger partial charge in [0.2, 0.25) is 5.91 Å². The molecule has 3 aromatic carbocycles. The van der Waals surface area contributed by atoms with Crippen LogP contribution in [0.1, 0.15) is 17.0 Å². The molecule has 0 aliphatic carbocycles. The normalized spacial score (nSPS) is 10.9. The summed E-state index contributed by atoms with van der Waals surface area (Å²) in [4.78, 5) is 17.2. The van der Waals surface area contributed by atoms with E-state index in [1.54, 1.807) is 13.0 Å². The van der Waals surface area contributed by atoms with Crippen LogP contribution in [-0.2, 0) is 24.5 Å². The quantitative estimate of drug-likeness (QED) is 0.498. The van der Waals surface area contributed by atoms with Crippen LogP contribution in [0.25, 0.3) is 11.0 Å². The number of carbonyl (C=O) groups is 1. The number of fused-ring (bicyclic) bond motifs is 1. The monoisotopic (exact) mass is 403 g/mol. The van der Waals surface area contributed by atoms with Gasteiger partial charge < -0.3 is 14.6 Å². The number of nitrogens with zero attached hydrogens (tertiary/aromatic N) is 2. The standard InChI is InChI=1S/C24H22FN3O2/c1-17-11-12-18(13-20(17)25)14-26-24(29)15-28-22-10-6-5-9-21(22)27-23(28)16-30-19-7-3-2-4-8-19/h2-13H,14-16H2,1H3,(H,26,29). The van der Waals surface area contributed by atoms with Crippen molar-refractivity contribution in [3.05, 3.63) is 95.6 Å². The fraction of sp³-hybridized carbons (Fsp3) is 0.167. The van der Waals surface area contributed by atoms with Gasteiger partial charge in [0, 0.05) is 6.54 Å². The van der Waals surface area contributed by atoms with Crippen molar-refractivity contribution in [1.82, 2.24) is 14.9 Å². The number of rotatable bonds is 7. The molecule has 4 rings (SSSR count). The van der Waals surface area contributed by atoms with Crippen LogP contribution in [0, 0.1) is 12.7 Å². The van der Waals surface area contributed by atoms with E-state index in [9.17, 15) is 9.18 Å². The molecule has 1 N–H and O–H groups in total. The van der Waals surface area contributed by atoms with Crippen molar-refractivity contribution < 1.29 is 13.9 Å². The Bertz CT molecular complexity index is 1170. The number of ether oxygens (including phenoxy) is 1. The summed E-state index contributed by atoms with van der Waals surface area (Å²) in [6.07, 6.45) is 0. The number of para-hydroxylation sites is 3. The van der Waals surface area contributed by atoms with Crippen molar-refractivity contribution in [2.75, 3.05) is 0 Å². The molecule has 0 saturated heterocycles. The first kappa shape index (κ1) is 19.6. The number of amides is 1. The highest BCUT2D eigenvalue weighted by Crippen LogP contribution is 2.18. The van der Waals surface area contributed by atoms with Gasteiger partial charge >= 0.3 is 0 Å². The number of halogens is 1. The summed E-state index contributed by atoms with van der Waals surface area (Å²) >= 11 is 0. The predicted molar refractivity (Wildman–Crippen MR) is 113 cm³/mol. The third-order valence-corrected chi connectivity index (χ3v) is 4.87. The average molecular weight is 403 g/mol. The summed E-state index contributed by atoms with van der Waals surface area (Å²) in [6.45, 7) is 2.32. The first-order chi connectivity index (χ1) is 14.6. The highest BCUT2D eigenvalue weighted by atomic mass is 19.1. The Labute approximate surface area is 174 Å². The van der Waals surface area contributed by atoms with Gasteiger partial charge in [0.05, 0.1) is 11.0 Å². The number of carbonyl (C=O) groups excluding carboxylic acids is 1. The number of nitrogens with one attached hydrogen (secondary N) is 1. The lowest BCUT2D eigenvalue weighted by Crippen LogP contribution is -2.28. The Hall–Kier alpha value is -3.67. The highest BCUT2D eigenvalue weighted by molar-refractivity contribution is 5.81. The van der Waals surface area contributed by atoms with Crippen molar-refractivity contribution in [2.24, 2.45) is 0 Å². The van der Waals surface area contributed by atoms with Gasteiger partial charge in [-0.05, 0) is 48.4 Å². The van der Waals surface area contributed by atoms with E-state index >= 15 is 0 Å². The van der Waals surface area contributed by atoms with E-state index in [1.807, 2.05) is 65.2 Å². The molecule has 0 radical (unpaired) electrons. The Morgan fingerprint density at radius 3 is 2.63 bits per heavy atom. The Morgan fingerprint density at radius 1 is 1.07 bits per heavy atom. The summed E-state index contributed by atoms with van der Waals surface area (Å²) in [7, 11) is 0. The second-order valence-electron chi connectivity index (χ2n) is 7.06. The van der Waals surface area contributed by atoms with Gasteiger partial charge in [-0.3, -0.25) is 4.79 Å². The Balaban J connectivity index is 1.49. The molecule has 0 unspecified atom stereocenters. The van der Waals surface area contributed by atoms with Crippen molar-refractivity contribution in [1.29, 1.82) is 0 Å². The first-order valence-corrected chi connectivity index (χ1v) is 9.74. The molecular weight excluding hydrogens is 381 g/mol. The average Bonchev–Trinajstić information content (AvgIpc) is 3.11. The van der Waals surface area contributed by atoms with Crippen LogP contribution in [0.15, 0.2) is 72.8 Å². The summed E-state index contributed by atoms with van der Waals surface area (Å²) in [5.41, 5.74) is 2.96. The summed E-state index contributed by atoms with van der Waals surface area (Å²) in [6, 6.07) is 22.1. The minimum atomic E-state index is -0.275. The van der Waals surface area contributed by atoms with Crippen LogP contribution in [-0.4, -0.2) is 15.5 Å². The smallest absolute Gasteiger partial charge is 0.240 e. The molecule has 1 amide bonds. The molecule has 0 atom stereocenters. The lowest BCUT2D eigenvalue weighted by Gasteiger charge is -2.11. The molecule has 152 valence electrons. The molecule has 1 aromatic heterocycles. The molecule has 0 aliphatic heterocycles. The molecule has 0 saturated carbocycles. The van der Waals surface area contributed by atoms with Crippen LogP contribution in [0.4, 0.5) is 4.39 Å². The highest BCUT2D eigenvalue weighted by Gasteiger charge is 2.14. The lowest BCUT2D eigenvalue weighted by molar-refractivity contribution is -0.121. The SMILES string of the molecule is Cc1ccc(CNC(=O)Cn2c(COc3ccccc3)nc3ccccc32)cc1F. The van der Waals surface area contributed by atoms with Crippen molar-refractivity contribution in [2.45, 2.75) is 26.6 Å². The molecule has 4 aromatic rings. The van der Waals surface area contributed by atoms with Crippen LogP contribution in [0.3, 0.4) is 0 Å². The summed E-state index contributed by atoms with van der Waals surface area (Å²) in [5, 5.41) is 2.85. The van der Waals surface area contributed by atoms with Crippen molar-refractivity contribution in [3.8, 4) is 5.75 Å². The molecule has 0 fully saturated rings. The number of hydrogen-bond donors (Lipinski definition) is 1. The van der Waals surface area contributed by atoms with Gasteiger partial charge in [-0.2, -0.15) is 0 Å². The number of aromatic nitrogens is 2. The van der Waals surface area contributed by atoms with E-state index in [1.165, 1.54) is 6.07 Å². The van der Waals surface area contributed by atoms with E-state index in [0.717, 1.165) is 22.3 Å². The van der Waals surface area contributed by atoms with Crippen molar-refractivity contribution >= 4 is 16.9 Å². The fourth-order valence-electron chi connectivity index (χ4n) is 3.22. The van der Waals surface area contributed by atoms with Gasteiger partial charge in [-0.25, -0.2) is 9.37 Å². The van der Waals surface area contributed by atoms with Gasteiger partial charge in [-0.1, -0.05) is 42.5 Å². The number of imidazole rings is 1. The minimum absolute atomic E-state index is 0.0995. The zero-order valence-corrected chi connectivity index (χ0v) is 16.6. The van der Waals surface area contributed by atoms with Gasteiger partial charge in [-0.15, -0.1) is 0 Å². The fourth-order valence-corrected chi connectivity index (χ4v) is 3.22. The third-order valence-electron chi connectivity index (χ3n) is 4.87. The molecular formula is C24H22FN3O2. The molecule has 0 aliphatic rings. The first-order valence-electron chi connectivity index (χ1n) is 9.74. The number of aryl methyl sites for hydroxylation is 1. The van der Waals surface area contributed by atoms with E-state index in [4.69, 9.17) is 4.74 Å². The molecule has 5 nitrogen and oxygen atoms in total. The molecule has 0 spiro atoms. The maximum absolute atomic E-state index is 13.7. The maximum Gasteiger partial charge on any atom is 0.240 e. The van der Waals surface area contributed by atoms with E-state index < -0.39 is 0 Å². The van der Waals surface area contributed by atoms with E-state index in [0.29, 0.717) is 11.4 Å². The minimum Gasteiger partial charge on any atom is -0.486 e. The molecule has 1 heterocycles. The van der Waals surface area contributed by atoms with E-state index in [2.05, 4.69) is 10.3 Å². The maximum atomic E-state index is 13.7. The second-order valence-corrected chi connectivity index (χ2v) is 7.06. The largest absolute Gasteiger partial charge is 0.486 e. The van der Waals surface area contributed by atoms with Crippen LogP contribution < -0.4 is 10.1 Å². The number of hydrogen-bond acceptors (Lipinski definition) is 3.